The number of nitrogens with one attached hydrogen (secondary N) is 2. The molecule has 0 fully saturated rings. The molecule has 2 atom stereocenters. The summed E-state index contributed by atoms with van der Waals surface area (Å²) in [7, 11) is 0. The summed E-state index contributed by atoms with van der Waals surface area (Å²) in [5.74, 6) is -0.731. The van der Waals surface area contributed by atoms with Crippen molar-refractivity contribution < 1.29 is 14.7 Å². The van der Waals surface area contributed by atoms with Gasteiger partial charge in [-0.1, -0.05) is 27.2 Å². The molecule has 0 bridgehead atoms. The van der Waals surface area contributed by atoms with Crippen molar-refractivity contribution in [3.05, 3.63) is 0 Å². The summed E-state index contributed by atoms with van der Waals surface area (Å²) in [5.41, 5.74) is 0. The van der Waals surface area contributed by atoms with Crippen LogP contribution in [0.4, 0.5) is 4.79 Å². The van der Waals surface area contributed by atoms with Crippen molar-refractivity contribution >= 4 is 12.0 Å². The summed E-state index contributed by atoms with van der Waals surface area (Å²) >= 11 is 0. The van der Waals surface area contributed by atoms with Crippen LogP contribution in [-0.4, -0.2) is 29.7 Å². The second-order valence-corrected chi connectivity index (χ2v) is 5.55. The third kappa shape index (κ3) is 9.33. The third-order valence-corrected chi connectivity index (χ3v) is 3.05. The van der Waals surface area contributed by atoms with Crippen LogP contribution in [0.5, 0.6) is 0 Å². The van der Waals surface area contributed by atoms with Gasteiger partial charge in [-0.05, 0) is 32.1 Å². The zero-order chi connectivity index (χ0) is 14.8. The molecule has 0 aromatic heterocycles. The first-order valence-corrected chi connectivity index (χ1v) is 7.13. The molecule has 0 aromatic carbocycles. The van der Waals surface area contributed by atoms with E-state index in [9.17, 15) is 9.59 Å². The SMILES string of the molecule is CCCC(CNC(=O)NC(C)CCC(C)C)C(=O)O. The van der Waals surface area contributed by atoms with Gasteiger partial charge in [0.1, 0.15) is 0 Å². The van der Waals surface area contributed by atoms with E-state index in [-0.39, 0.29) is 18.6 Å². The standard InChI is InChI=1S/C14H28N2O3/c1-5-6-12(13(17)18)9-15-14(19)16-11(4)8-7-10(2)3/h10-12H,5-9H2,1-4H3,(H,17,18)(H2,15,16,19). The first kappa shape index (κ1) is 17.7. The fraction of sp³-hybridized carbons (Fsp3) is 0.857. The molecule has 0 aromatic rings. The van der Waals surface area contributed by atoms with Gasteiger partial charge in [-0.3, -0.25) is 4.79 Å². The van der Waals surface area contributed by atoms with Crippen molar-refractivity contribution in [2.45, 2.75) is 59.4 Å². The van der Waals surface area contributed by atoms with Gasteiger partial charge in [-0.15, -0.1) is 0 Å². The van der Waals surface area contributed by atoms with E-state index in [1.54, 1.807) is 0 Å². The van der Waals surface area contributed by atoms with Crippen molar-refractivity contribution in [1.29, 1.82) is 0 Å². The second kappa shape index (κ2) is 9.64. The summed E-state index contributed by atoms with van der Waals surface area (Å²) in [5, 5.41) is 14.4. The zero-order valence-corrected chi connectivity index (χ0v) is 12.5. The first-order valence-electron chi connectivity index (χ1n) is 7.13. The Bertz CT molecular complexity index is 280. The van der Waals surface area contributed by atoms with E-state index in [4.69, 9.17) is 5.11 Å². The molecule has 3 N–H and O–H groups in total. The number of carbonyl (C=O) groups excluding carboxylic acids is 1. The van der Waals surface area contributed by atoms with Gasteiger partial charge in [0, 0.05) is 12.6 Å². The van der Waals surface area contributed by atoms with E-state index in [0.29, 0.717) is 12.3 Å². The Morgan fingerprint density at radius 3 is 2.21 bits per heavy atom. The molecule has 0 aliphatic carbocycles. The molecule has 5 nitrogen and oxygen atoms in total. The number of hydrogen-bond acceptors (Lipinski definition) is 2. The lowest BCUT2D eigenvalue weighted by Crippen LogP contribution is -2.43. The monoisotopic (exact) mass is 272 g/mol. The Balaban J connectivity index is 3.93. The molecular weight excluding hydrogens is 244 g/mol. The van der Waals surface area contributed by atoms with Gasteiger partial charge in [0.2, 0.25) is 0 Å². The number of urea groups is 1. The quantitative estimate of drug-likeness (QED) is 0.603. The molecule has 0 saturated carbocycles. The van der Waals surface area contributed by atoms with Gasteiger partial charge in [-0.25, -0.2) is 4.79 Å². The van der Waals surface area contributed by atoms with Crippen LogP contribution in [0.1, 0.15) is 53.4 Å². The van der Waals surface area contributed by atoms with E-state index in [1.165, 1.54) is 0 Å². The number of rotatable bonds is 9. The van der Waals surface area contributed by atoms with Gasteiger partial charge in [0.25, 0.3) is 0 Å². The van der Waals surface area contributed by atoms with Crippen LogP contribution in [0.2, 0.25) is 0 Å². The van der Waals surface area contributed by atoms with E-state index >= 15 is 0 Å². The number of aliphatic carboxylic acids is 1. The lowest BCUT2D eigenvalue weighted by molar-refractivity contribution is -0.141. The number of carbonyl (C=O) groups is 2. The highest BCUT2D eigenvalue weighted by atomic mass is 16.4. The lowest BCUT2D eigenvalue weighted by atomic mass is 10.0. The highest BCUT2D eigenvalue weighted by Gasteiger charge is 2.17. The second-order valence-electron chi connectivity index (χ2n) is 5.55. The smallest absolute Gasteiger partial charge is 0.315 e. The maximum absolute atomic E-state index is 11.6. The highest BCUT2D eigenvalue weighted by Crippen LogP contribution is 2.07. The summed E-state index contributed by atoms with van der Waals surface area (Å²) < 4.78 is 0. The van der Waals surface area contributed by atoms with Crippen LogP contribution >= 0.6 is 0 Å². The summed E-state index contributed by atoms with van der Waals surface area (Å²) in [6, 6.07) is -0.171. The molecule has 0 spiro atoms. The van der Waals surface area contributed by atoms with E-state index < -0.39 is 11.9 Å². The predicted molar refractivity (Wildman–Crippen MR) is 76.1 cm³/mol. The first-order chi connectivity index (χ1) is 8.86. The van der Waals surface area contributed by atoms with E-state index in [2.05, 4.69) is 24.5 Å². The predicted octanol–water partition coefficient (Wildman–Crippen LogP) is 2.61. The van der Waals surface area contributed by atoms with Crippen molar-refractivity contribution in [1.82, 2.24) is 10.6 Å². The average Bonchev–Trinajstić information content (AvgIpc) is 2.31. The van der Waals surface area contributed by atoms with Crippen LogP contribution in [0.15, 0.2) is 0 Å². The molecule has 0 aliphatic heterocycles. The topological polar surface area (TPSA) is 78.4 Å². The molecule has 0 heterocycles. The van der Waals surface area contributed by atoms with Crippen LogP contribution in [0, 0.1) is 11.8 Å². The minimum atomic E-state index is -0.852. The normalized spacial score (nSPS) is 13.9. The third-order valence-electron chi connectivity index (χ3n) is 3.05. The lowest BCUT2D eigenvalue weighted by Gasteiger charge is -2.17. The molecule has 0 aliphatic rings. The van der Waals surface area contributed by atoms with Crippen LogP contribution in [-0.2, 0) is 4.79 Å². The zero-order valence-electron chi connectivity index (χ0n) is 12.5. The summed E-state index contributed by atoms with van der Waals surface area (Å²) in [4.78, 5) is 22.5. The fourth-order valence-electron chi connectivity index (χ4n) is 1.81. The molecule has 2 unspecified atom stereocenters. The minimum absolute atomic E-state index is 0.108. The van der Waals surface area contributed by atoms with Crippen LogP contribution in [0.3, 0.4) is 0 Å². The van der Waals surface area contributed by atoms with Crippen molar-refractivity contribution in [2.75, 3.05) is 6.54 Å². The number of hydrogen-bond donors (Lipinski definition) is 3. The molecule has 0 radical (unpaired) electrons. The Labute approximate surface area is 116 Å². The van der Waals surface area contributed by atoms with Crippen molar-refractivity contribution in [3.63, 3.8) is 0 Å². The number of carboxylic acid groups (broad SMARTS) is 1. The fourth-order valence-corrected chi connectivity index (χ4v) is 1.81. The Morgan fingerprint density at radius 1 is 1.11 bits per heavy atom. The Morgan fingerprint density at radius 2 is 1.74 bits per heavy atom. The summed E-state index contributed by atoms with van der Waals surface area (Å²) in [6.07, 6.45) is 3.38. The van der Waals surface area contributed by atoms with Gasteiger partial charge >= 0.3 is 12.0 Å². The summed E-state index contributed by atoms with van der Waals surface area (Å²) in [6.45, 7) is 8.38. The maximum Gasteiger partial charge on any atom is 0.315 e. The molecule has 0 saturated heterocycles. The van der Waals surface area contributed by atoms with Gasteiger partial charge < -0.3 is 15.7 Å². The van der Waals surface area contributed by atoms with Crippen molar-refractivity contribution in [3.8, 4) is 0 Å². The molecule has 19 heavy (non-hydrogen) atoms. The van der Waals surface area contributed by atoms with Crippen molar-refractivity contribution in [2.24, 2.45) is 11.8 Å². The molecule has 112 valence electrons. The molecule has 5 heteroatoms. The largest absolute Gasteiger partial charge is 0.481 e. The minimum Gasteiger partial charge on any atom is -0.481 e. The Kier molecular flexibility index (Phi) is 9.00. The van der Waals surface area contributed by atoms with E-state index in [0.717, 1.165) is 19.3 Å². The van der Waals surface area contributed by atoms with Gasteiger partial charge in [-0.2, -0.15) is 0 Å². The molecule has 2 amide bonds. The van der Waals surface area contributed by atoms with Gasteiger partial charge in [0.15, 0.2) is 0 Å². The van der Waals surface area contributed by atoms with E-state index in [1.807, 2.05) is 13.8 Å². The maximum atomic E-state index is 11.6. The van der Waals surface area contributed by atoms with Crippen LogP contribution in [0.25, 0.3) is 0 Å². The average molecular weight is 272 g/mol. The number of amides is 2. The Hall–Kier alpha value is -1.26. The number of carboxylic acids is 1. The highest BCUT2D eigenvalue weighted by molar-refractivity contribution is 5.76. The van der Waals surface area contributed by atoms with Crippen LogP contribution < -0.4 is 10.6 Å². The molecular formula is C14H28N2O3. The molecule has 0 rings (SSSR count). The van der Waals surface area contributed by atoms with Gasteiger partial charge in [0.05, 0.1) is 5.92 Å².